The van der Waals surface area contributed by atoms with Crippen molar-refractivity contribution in [1.29, 1.82) is 5.26 Å². The van der Waals surface area contributed by atoms with Gasteiger partial charge < -0.3 is 4.74 Å². The number of nitrogens with zero attached hydrogens (tertiary/aromatic N) is 4. The fourth-order valence-electron chi connectivity index (χ4n) is 3.81. The Bertz CT molecular complexity index is 851. The Labute approximate surface area is 151 Å². The zero-order chi connectivity index (χ0) is 17.2. The average molecular weight is 352 g/mol. The number of allylic oxidation sites excluding steroid dienone is 1. The Balaban J connectivity index is 1.80. The van der Waals surface area contributed by atoms with E-state index in [4.69, 9.17) is 4.74 Å². The molecule has 1 aromatic carbocycles. The van der Waals surface area contributed by atoms with Crippen LogP contribution in [0.2, 0.25) is 0 Å². The van der Waals surface area contributed by atoms with E-state index in [0.717, 1.165) is 34.2 Å². The van der Waals surface area contributed by atoms with Crippen molar-refractivity contribution in [3.63, 3.8) is 0 Å². The number of aromatic nitrogens is 3. The van der Waals surface area contributed by atoms with Crippen molar-refractivity contribution in [3.05, 3.63) is 36.2 Å². The van der Waals surface area contributed by atoms with E-state index in [0.29, 0.717) is 11.2 Å². The molecule has 2 atom stereocenters. The maximum Gasteiger partial charge on any atom is 0.167 e. The number of para-hydroxylation sites is 1. The summed E-state index contributed by atoms with van der Waals surface area (Å²) in [5.41, 5.74) is 1.76. The Morgan fingerprint density at radius 3 is 2.92 bits per heavy atom. The molecule has 1 aromatic heterocycles. The molecule has 6 heteroatoms. The molecule has 25 heavy (non-hydrogen) atoms. The van der Waals surface area contributed by atoms with Crippen LogP contribution in [-0.4, -0.2) is 27.1 Å². The Morgan fingerprint density at radius 2 is 2.08 bits per heavy atom. The summed E-state index contributed by atoms with van der Waals surface area (Å²) in [4.78, 5) is 4.46. The van der Waals surface area contributed by atoms with Crippen LogP contribution < -0.4 is 4.74 Å². The molecule has 5 nitrogen and oxygen atoms in total. The first-order valence-electron chi connectivity index (χ1n) is 8.68. The van der Waals surface area contributed by atoms with E-state index >= 15 is 0 Å². The standard InChI is InChI=1S/C19H20N4OS/c1-24-16-9-6-5-8-14(16)18-21-12-22-23(18)19-15(11-20)13-7-3-2-4-10-17(13)25-19/h5-6,8-9,12-13,17H,2-4,7,10H2,1H3/t13-,17+/m0/s1. The third-order valence-corrected chi connectivity index (χ3v) is 6.51. The predicted molar refractivity (Wildman–Crippen MR) is 98.8 cm³/mol. The third-order valence-electron chi connectivity index (χ3n) is 5.03. The summed E-state index contributed by atoms with van der Waals surface area (Å²) in [5, 5.41) is 15.7. The molecular formula is C19H20N4OS. The number of ether oxygens (including phenoxy) is 1. The lowest BCUT2D eigenvalue weighted by atomic mass is 9.93. The highest BCUT2D eigenvalue weighted by molar-refractivity contribution is 8.08. The smallest absolute Gasteiger partial charge is 0.167 e. The summed E-state index contributed by atoms with van der Waals surface area (Å²) in [6.45, 7) is 0. The maximum atomic E-state index is 9.82. The normalized spacial score (nSPS) is 23.0. The Kier molecular flexibility index (Phi) is 4.50. The lowest BCUT2D eigenvalue weighted by Gasteiger charge is -2.14. The van der Waals surface area contributed by atoms with Crippen LogP contribution in [0.1, 0.15) is 32.1 Å². The number of hydrogen-bond donors (Lipinski definition) is 0. The number of thioether (sulfide) groups is 1. The van der Waals surface area contributed by atoms with Gasteiger partial charge in [-0.25, -0.2) is 9.67 Å². The van der Waals surface area contributed by atoms with Gasteiger partial charge >= 0.3 is 0 Å². The highest BCUT2D eigenvalue weighted by Crippen LogP contribution is 2.50. The van der Waals surface area contributed by atoms with Crippen LogP contribution >= 0.6 is 11.8 Å². The zero-order valence-corrected chi connectivity index (χ0v) is 15.0. The molecule has 0 amide bonds. The fraction of sp³-hybridized carbons (Fsp3) is 0.421. The van der Waals surface area contributed by atoms with E-state index in [9.17, 15) is 5.26 Å². The SMILES string of the molecule is COc1ccccc1-c1ncnn1C1=C(C#N)[C@@H]2CCCCC[C@H]2S1. The van der Waals surface area contributed by atoms with Crippen molar-refractivity contribution in [3.8, 4) is 23.2 Å². The first-order valence-corrected chi connectivity index (χ1v) is 9.56. The number of fused-ring (bicyclic) bond motifs is 1. The summed E-state index contributed by atoms with van der Waals surface area (Å²) >= 11 is 1.80. The van der Waals surface area contributed by atoms with E-state index < -0.39 is 0 Å². The predicted octanol–water partition coefficient (Wildman–Crippen LogP) is 4.34. The first-order chi connectivity index (χ1) is 12.3. The van der Waals surface area contributed by atoms with Crippen molar-refractivity contribution >= 4 is 16.8 Å². The molecule has 2 heterocycles. The molecule has 0 unspecified atom stereocenters. The molecule has 128 valence electrons. The molecule has 1 aliphatic carbocycles. The molecule has 0 N–H and O–H groups in total. The molecule has 4 rings (SSSR count). The number of benzene rings is 1. The Hall–Kier alpha value is -2.26. The maximum absolute atomic E-state index is 9.82. The molecule has 0 saturated heterocycles. The van der Waals surface area contributed by atoms with Crippen LogP contribution in [-0.2, 0) is 0 Å². The molecule has 2 aliphatic rings. The monoisotopic (exact) mass is 352 g/mol. The van der Waals surface area contributed by atoms with Crippen molar-refractivity contribution in [2.75, 3.05) is 7.11 Å². The second kappa shape index (κ2) is 6.93. The minimum absolute atomic E-state index is 0.349. The minimum atomic E-state index is 0.349. The molecular weight excluding hydrogens is 332 g/mol. The molecule has 2 aromatic rings. The van der Waals surface area contributed by atoms with Gasteiger partial charge in [0.1, 0.15) is 17.1 Å². The molecule has 0 spiro atoms. The van der Waals surface area contributed by atoms with E-state index in [1.54, 1.807) is 25.2 Å². The molecule has 0 radical (unpaired) electrons. The van der Waals surface area contributed by atoms with Crippen LogP contribution in [0.25, 0.3) is 16.4 Å². The first kappa shape index (κ1) is 16.2. The summed E-state index contributed by atoms with van der Waals surface area (Å²) < 4.78 is 7.31. The third kappa shape index (κ3) is 2.83. The zero-order valence-electron chi connectivity index (χ0n) is 14.2. The molecule has 1 fully saturated rings. The van der Waals surface area contributed by atoms with Crippen molar-refractivity contribution in [1.82, 2.24) is 14.8 Å². The number of methoxy groups -OCH3 is 1. The minimum Gasteiger partial charge on any atom is -0.496 e. The Morgan fingerprint density at radius 1 is 1.24 bits per heavy atom. The van der Waals surface area contributed by atoms with Crippen LogP contribution in [0.5, 0.6) is 5.75 Å². The van der Waals surface area contributed by atoms with Gasteiger partial charge in [0.05, 0.1) is 24.3 Å². The van der Waals surface area contributed by atoms with Crippen LogP contribution in [0.3, 0.4) is 0 Å². The number of hydrogen-bond acceptors (Lipinski definition) is 5. The van der Waals surface area contributed by atoms with Gasteiger partial charge in [0.15, 0.2) is 5.82 Å². The van der Waals surface area contributed by atoms with Crippen LogP contribution in [0.15, 0.2) is 36.2 Å². The summed E-state index contributed by atoms with van der Waals surface area (Å²) in [5.74, 6) is 1.83. The van der Waals surface area contributed by atoms with Gasteiger partial charge in [-0.1, -0.05) is 31.4 Å². The van der Waals surface area contributed by atoms with E-state index in [1.807, 2.05) is 28.9 Å². The highest BCUT2D eigenvalue weighted by Gasteiger charge is 2.38. The lowest BCUT2D eigenvalue weighted by Crippen LogP contribution is -2.12. The van der Waals surface area contributed by atoms with Gasteiger partial charge in [-0.15, -0.1) is 11.8 Å². The van der Waals surface area contributed by atoms with E-state index in [2.05, 4.69) is 16.2 Å². The lowest BCUT2D eigenvalue weighted by molar-refractivity contribution is 0.416. The molecule has 1 aliphatic heterocycles. The van der Waals surface area contributed by atoms with E-state index in [1.165, 1.54) is 25.7 Å². The van der Waals surface area contributed by atoms with Gasteiger partial charge in [0.25, 0.3) is 0 Å². The number of nitriles is 1. The van der Waals surface area contributed by atoms with Crippen molar-refractivity contribution < 1.29 is 4.74 Å². The van der Waals surface area contributed by atoms with Crippen LogP contribution in [0.4, 0.5) is 0 Å². The topological polar surface area (TPSA) is 63.7 Å². The van der Waals surface area contributed by atoms with Crippen LogP contribution in [0, 0.1) is 17.2 Å². The van der Waals surface area contributed by atoms with Gasteiger partial charge in [0, 0.05) is 11.2 Å². The van der Waals surface area contributed by atoms with Gasteiger partial charge in [0.2, 0.25) is 0 Å². The molecule has 1 saturated carbocycles. The van der Waals surface area contributed by atoms with E-state index in [-0.39, 0.29) is 0 Å². The number of rotatable bonds is 3. The van der Waals surface area contributed by atoms with Gasteiger partial charge in [-0.05, 0) is 25.0 Å². The van der Waals surface area contributed by atoms with Gasteiger partial charge in [-0.3, -0.25) is 0 Å². The second-order valence-electron chi connectivity index (χ2n) is 6.43. The summed E-state index contributed by atoms with van der Waals surface area (Å²) in [6, 6.07) is 10.3. The summed E-state index contributed by atoms with van der Waals surface area (Å²) in [6.07, 6.45) is 7.55. The van der Waals surface area contributed by atoms with Crippen molar-refractivity contribution in [2.24, 2.45) is 5.92 Å². The second-order valence-corrected chi connectivity index (χ2v) is 7.66. The highest BCUT2D eigenvalue weighted by atomic mass is 32.2. The molecule has 0 bridgehead atoms. The average Bonchev–Trinajstić information content (AvgIpc) is 3.19. The summed E-state index contributed by atoms with van der Waals surface area (Å²) in [7, 11) is 1.65. The fourth-order valence-corrected chi connectivity index (χ4v) is 5.37. The largest absolute Gasteiger partial charge is 0.496 e. The quantitative estimate of drug-likeness (QED) is 0.822. The van der Waals surface area contributed by atoms with Crippen molar-refractivity contribution in [2.45, 2.75) is 37.4 Å². The van der Waals surface area contributed by atoms with Gasteiger partial charge in [-0.2, -0.15) is 10.4 Å².